The molecule has 1 atom stereocenters. The summed E-state index contributed by atoms with van der Waals surface area (Å²) in [6, 6.07) is 9.10. The summed E-state index contributed by atoms with van der Waals surface area (Å²) >= 11 is 0. The van der Waals surface area contributed by atoms with Crippen LogP contribution in [0, 0.1) is 0 Å². The third-order valence-electron chi connectivity index (χ3n) is 4.98. The molecular weight excluding hydrogens is 332 g/mol. The molecule has 0 aliphatic carbocycles. The number of carbonyl (C=O) groups excluding carboxylic acids is 3. The predicted molar refractivity (Wildman–Crippen MR) is 96.1 cm³/mol. The summed E-state index contributed by atoms with van der Waals surface area (Å²) in [5.74, 6) is -0.715. The Morgan fingerprint density at radius 3 is 2.38 bits per heavy atom. The monoisotopic (exact) mass is 358 g/mol. The fourth-order valence-corrected chi connectivity index (χ4v) is 3.52. The van der Waals surface area contributed by atoms with E-state index < -0.39 is 12.1 Å². The third kappa shape index (κ3) is 4.62. The van der Waals surface area contributed by atoms with E-state index in [0.717, 1.165) is 32.1 Å². The molecule has 0 bridgehead atoms. The Kier molecular flexibility index (Phi) is 6.26. The Bertz CT molecular complexity index is 640. The summed E-state index contributed by atoms with van der Waals surface area (Å²) < 4.78 is 5.58. The van der Waals surface area contributed by atoms with Gasteiger partial charge >= 0.3 is 5.97 Å². The molecule has 0 saturated carbocycles. The van der Waals surface area contributed by atoms with Crippen LogP contribution in [0.25, 0.3) is 0 Å². The van der Waals surface area contributed by atoms with Gasteiger partial charge in [-0.3, -0.25) is 14.4 Å². The molecule has 6 heteroatoms. The molecule has 2 amide bonds. The lowest BCUT2D eigenvalue weighted by molar-refractivity contribution is -0.162. The van der Waals surface area contributed by atoms with Gasteiger partial charge in [0.2, 0.25) is 12.0 Å². The van der Waals surface area contributed by atoms with Gasteiger partial charge in [0.25, 0.3) is 5.91 Å². The standard InChI is InChI=1S/C20H26N2O4/c23-17-11-5-2-6-14-22(17)15-18(24)26-19(16-9-3-1-4-10-16)20(25)21-12-7-8-13-21/h1,3-4,9-10,19H,2,5-8,11-15H2. The molecule has 26 heavy (non-hydrogen) atoms. The number of amides is 2. The van der Waals surface area contributed by atoms with E-state index >= 15 is 0 Å². The van der Waals surface area contributed by atoms with E-state index in [1.807, 2.05) is 18.2 Å². The van der Waals surface area contributed by atoms with Crippen LogP contribution in [-0.4, -0.2) is 53.8 Å². The summed E-state index contributed by atoms with van der Waals surface area (Å²) in [6.07, 6.45) is 4.24. The van der Waals surface area contributed by atoms with Gasteiger partial charge in [-0.25, -0.2) is 0 Å². The van der Waals surface area contributed by atoms with Crippen LogP contribution >= 0.6 is 0 Å². The first-order valence-corrected chi connectivity index (χ1v) is 9.46. The minimum absolute atomic E-state index is 0.0124. The summed E-state index contributed by atoms with van der Waals surface area (Å²) in [5.41, 5.74) is 0.667. The highest BCUT2D eigenvalue weighted by atomic mass is 16.5. The molecular formula is C20H26N2O4. The second kappa shape index (κ2) is 8.83. The molecule has 0 aromatic heterocycles. The van der Waals surface area contributed by atoms with Crippen molar-refractivity contribution in [2.45, 2.75) is 44.6 Å². The topological polar surface area (TPSA) is 66.9 Å². The Balaban J connectivity index is 1.69. The number of ether oxygens (including phenoxy) is 1. The van der Waals surface area contributed by atoms with Gasteiger partial charge in [0.05, 0.1) is 0 Å². The molecule has 1 aromatic rings. The molecule has 3 rings (SSSR count). The van der Waals surface area contributed by atoms with Crippen molar-refractivity contribution in [3.8, 4) is 0 Å². The van der Waals surface area contributed by atoms with E-state index in [2.05, 4.69) is 0 Å². The minimum atomic E-state index is -0.941. The summed E-state index contributed by atoms with van der Waals surface area (Å²) in [4.78, 5) is 40.7. The predicted octanol–water partition coefficient (Wildman–Crippen LogP) is 2.30. The fourth-order valence-electron chi connectivity index (χ4n) is 3.52. The van der Waals surface area contributed by atoms with Gasteiger partial charge < -0.3 is 14.5 Å². The normalized spacial score (nSPS) is 19.2. The van der Waals surface area contributed by atoms with E-state index in [9.17, 15) is 14.4 Å². The van der Waals surface area contributed by atoms with Crippen LogP contribution in [0.1, 0.15) is 50.2 Å². The molecule has 2 heterocycles. The molecule has 2 aliphatic heterocycles. The zero-order chi connectivity index (χ0) is 18.4. The van der Waals surface area contributed by atoms with Crippen molar-refractivity contribution in [3.63, 3.8) is 0 Å². The smallest absolute Gasteiger partial charge is 0.326 e. The van der Waals surface area contributed by atoms with Gasteiger partial charge in [0, 0.05) is 31.6 Å². The minimum Gasteiger partial charge on any atom is -0.446 e. The molecule has 1 aromatic carbocycles. The molecule has 2 saturated heterocycles. The molecule has 2 fully saturated rings. The number of nitrogens with zero attached hydrogens (tertiary/aromatic N) is 2. The van der Waals surface area contributed by atoms with Crippen LogP contribution < -0.4 is 0 Å². The maximum absolute atomic E-state index is 12.9. The summed E-state index contributed by atoms with van der Waals surface area (Å²) in [5, 5.41) is 0. The van der Waals surface area contributed by atoms with E-state index in [0.29, 0.717) is 31.6 Å². The number of likely N-dealkylation sites (tertiary alicyclic amines) is 2. The van der Waals surface area contributed by atoms with E-state index in [4.69, 9.17) is 4.74 Å². The molecule has 0 N–H and O–H groups in total. The fraction of sp³-hybridized carbons (Fsp3) is 0.550. The Hall–Kier alpha value is -2.37. The van der Waals surface area contributed by atoms with Crippen molar-refractivity contribution in [1.29, 1.82) is 0 Å². The quantitative estimate of drug-likeness (QED) is 0.758. The number of rotatable bonds is 5. The van der Waals surface area contributed by atoms with Gasteiger partial charge in [0.1, 0.15) is 6.54 Å². The molecule has 140 valence electrons. The average Bonchev–Trinajstić information content (AvgIpc) is 3.12. The number of carbonyl (C=O) groups is 3. The Morgan fingerprint density at radius 1 is 0.962 bits per heavy atom. The lowest BCUT2D eigenvalue weighted by Gasteiger charge is -2.25. The second-order valence-corrected chi connectivity index (χ2v) is 6.94. The molecule has 1 unspecified atom stereocenters. The van der Waals surface area contributed by atoms with Gasteiger partial charge in [-0.1, -0.05) is 36.8 Å². The second-order valence-electron chi connectivity index (χ2n) is 6.94. The molecule has 6 nitrogen and oxygen atoms in total. The first-order chi connectivity index (χ1) is 12.6. The maximum Gasteiger partial charge on any atom is 0.326 e. The van der Waals surface area contributed by atoms with Crippen LogP contribution in [0.3, 0.4) is 0 Å². The van der Waals surface area contributed by atoms with E-state index in [1.165, 1.54) is 0 Å². The SMILES string of the molecule is O=C(CN1CCCCCC1=O)OC(C(=O)N1CCCC1)c1ccccc1. The largest absolute Gasteiger partial charge is 0.446 e. The highest BCUT2D eigenvalue weighted by molar-refractivity contribution is 5.87. The van der Waals surface area contributed by atoms with Crippen LogP contribution in [0.4, 0.5) is 0 Å². The Labute approximate surface area is 154 Å². The Morgan fingerprint density at radius 2 is 1.65 bits per heavy atom. The van der Waals surface area contributed by atoms with E-state index in [-0.39, 0.29) is 18.4 Å². The first kappa shape index (κ1) is 18.4. The van der Waals surface area contributed by atoms with Gasteiger partial charge in [0.15, 0.2) is 0 Å². The van der Waals surface area contributed by atoms with Crippen LogP contribution in [0.2, 0.25) is 0 Å². The summed E-state index contributed by atoms with van der Waals surface area (Å²) in [7, 11) is 0. The zero-order valence-electron chi connectivity index (χ0n) is 15.1. The van der Waals surface area contributed by atoms with Crippen molar-refractivity contribution in [2.24, 2.45) is 0 Å². The lowest BCUT2D eigenvalue weighted by atomic mass is 10.1. The highest BCUT2D eigenvalue weighted by Gasteiger charge is 2.31. The number of benzene rings is 1. The van der Waals surface area contributed by atoms with Crippen molar-refractivity contribution in [1.82, 2.24) is 9.80 Å². The third-order valence-corrected chi connectivity index (χ3v) is 4.98. The lowest BCUT2D eigenvalue weighted by Crippen LogP contribution is -2.39. The van der Waals surface area contributed by atoms with Crippen LogP contribution in [0.15, 0.2) is 30.3 Å². The number of hydrogen-bond donors (Lipinski definition) is 0. The molecule has 2 aliphatic rings. The zero-order valence-corrected chi connectivity index (χ0v) is 15.1. The van der Waals surface area contributed by atoms with Crippen molar-refractivity contribution in [3.05, 3.63) is 35.9 Å². The van der Waals surface area contributed by atoms with Crippen molar-refractivity contribution >= 4 is 17.8 Å². The van der Waals surface area contributed by atoms with Crippen LogP contribution in [-0.2, 0) is 19.1 Å². The number of esters is 1. The van der Waals surface area contributed by atoms with Crippen molar-refractivity contribution in [2.75, 3.05) is 26.2 Å². The molecule has 0 spiro atoms. The molecule has 0 radical (unpaired) electrons. The van der Waals surface area contributed by atoms with Gasteiger partial charge in [-0.15, -0.1) is 0 Å². The maximum atomic E-state index is 12.9. The van der Waals surface area contributed by atoms with Gasteiger partial charge in [-0.05, 0) is 25.7 Å². The van der Waals surface area contributed by atoms with Crippen molar-refractivity contribution < 1.29 is 19.1 Å². The number of hydrogen-bond acceptors (Lipinski definition) is 4. The summed E-state index contributed by atoms with van der Waals surface area (Å²) in [6.45, 7) is 1.88. The average molecular weight is 358 g/mol. The van der Waals surface area contributed by atoms with E-state index in [1.54, 1.807) is 21.9 Å². The highest BCUT2D eigenvalue weighted by Crippen LogP contribution is 2.23. The van der Waals surface area contributed by atoms with Crippen LogP contribution in [0.5, 0.6) is 0 Å². The van der Waals surface area contributed by atoms with Gasteiger partial charge in [-0.2, -0.15) is 0 Å². The first-order valence-electron chi connectivity index (χ1n) is 9.46.